The van der Waals surface area contributed by atoms with Crippen LogP contribution in [0.15, 0.2) is 97.1 Å². The lowest BCUT2D eigenvalue weighted by molar-refractivity contribution is 0.163. The Morgan fingerprint density at radius 3 is 2.12 bits per heavy atom. The second-order valence-electron chi connectivity index (χ2n) is 11.3. The highest BCUT2D eigenvalue weighted by molar-refractivity contribution is 6.09. The van der Waals surface area contributed by atoms with Crippen molar-refractivity contribution in [2.24, 2.45) is 0 Å². The van der Waals surface area contributed by atoms with E-state index in [-0.39, 0.29) is 5.41 Å². The van der Waals surface area contributed by atoms with E-state index in [0.29, 0.717) is 0 Å². The van der Waals surface area contributed by atoms with Gasteiger partial charge in [-0.25, -0.2) is 0 Å². The van der Waals surface area contributed by atoms with Crippen molar-refractivity contribution in [3.8, 4) is 28.4 Å². The van der Waals surface area contributed by atoms with E-state index in [4.69, 9.17) is 14.2 Å². The summed E-state index contributed by atoms with van der Waals surface area (Å²) in [6.45, 7) is 6.84. The number of hydrogen-bond acceptors (Lipinski definition) is 3. The van der Waals surface area contributed by atoms with E-state index in [0.717, 1.165) is 39.3 Å². The molecule has 1 aliphatic heterocycles. The number of fused-ring (bicyclic) bond motifs is 8. The van der Waals surface area contributed by atoms with Gasteiger partial charge in [-0.15, -0.1) is 0 Å². The van der Waals surface area contributed by atoms with Crippen LogP contribution < -0.4 is 14.2 Å². The molecule has 3 heteroatoms. The van der Waals surface area contributed by atoms with Crippen molar-refractivity contribution < 1.29 is 14.2 Å². The van der Waals surface area contributed by atoms with Gasteiger partial charge in [0.25, 0.3) is 0 Å². The first-order valence-corrected chi connectivity index (χ1v) is 13.8. The summed E-state index contributed by atoms with van der Waals surface area (Å²) < 4.78 is 18.5. The van der Waals surface area contributed by atoms with E-state index < -0.39 is 5.60 Å². The van der Waals surface area contributed by atoms with Gasteiger partial charge in [0.05, 0.1) is 14.2 Å². The van der Waals surface area contributed by atoms with Gasteiger partial charge in [-0.1, -0.05) is 86.2 Å². The van der Waals surface area contributed by atoms with Gasteiger partial charge in [-0.05, 0) is 71.0 Å². The standard InChI is InChI=1S/C37H32O3/c1-23-11-17-29-32(21-23)36(2,3)34-30-19-20-37(24-9-7-6-8-10-24,25-12-14-26(38-4)15-13-25)40-35(30)31-22-27(39-5)16-18-28(31)33(29)34/h6-22H,1-5H3. The second-order valence-corrected chi connectivity index (χ2v) is 11.3. The average molecular weight is 525 g/mol. The summed E-state index contributed by atoms with van der Waals surface area (Å²) in [6.07, 6.45) is 4.51. The summed E-state index contributed by atoms with van der Waals surface area (Å²) in [7, 11) is 3.41. The number of aryl methyl sites for hydroxylation is 1. The van der Waals surface area contributed by atoms with Crippen LogP contribution in [-0.2, 0) is 11.0 Å². The van der Waals surface area contributed by atoms with Crippen molar-refractivity contribution in [2.75, 3.05) is 14.2 Å². The van der Waals surface area contributed by atoms with Gasteiger partial charge < -0.3 is 14.2 Å². The molecule has 0 spiro atoms. The predicted octanol–water partition coefficient (Wildman–Crippen LogP) is 8.82. The normalized spacial score (nSPS) is 18.0. The molecule has 1 heterocycles. The van der Waals surface area contributed by atoms with Crippen molar-refractivity contribution in [3.05, 3.63) is 130 Å². The first kappa shape index (κ1) is 24.5. The number of ether oxygens (including phenoxy) is 3. The van der Waals surface area contributed by atoms with Crippen molar-refractivity contribution in [3.63, 3.8) is 0 Å². The fourth-order valence-electron chi connectivity index (χ4n) is 6.71. The summed E-state index contributed by atoms with van der Waals surface area (Å²) in [4.78, 5) is 0. The minimum absolute atomic E-state index is 0.185. The average Bonchev–Trinajstić information content (AvgIpc) is 3.23. The summed E-state index contributed by atoms with van der Waals surface area (Å²) in [5, 5.41) is 2.23. The van der Waals surface area contributed by atoms with E-state index in [1.165, 1.54) is 33.2 Å². The molecule has 0 radical (unpaired) electrons. The van der Waals surface area contributed by atoms with Crippen molar-refractivity contribution >= 4 is 16.8 Å². The van der Waals surface area contributed by atoms with Gasteiger partial charge in [0.1, 0.15) is 17.2 Å². The molecule has 3 nitrogen and oxygen atoms in total. The summed E-state index contributed by atoms with van der Waals surface area (Å²) in [5.74, 6) is 2.51. The van der Waals surface area contributed by atoms with Gasteiger partial charge in [0.2, 0.25) is 0 Å². The summed E-state index contributed by atoms with van der Waals surface area (Å²) in [6, 6.07) is 31.9. The number of rotatable bonds is 4. The maximum Gasteiger partial charge on any atom is 0.178 e. The molecule has 0 saturated heterocycles. The molecule has 1 aliphatic carbocycles. The highest BCUT2D eigenvalue weighted by Crippen LogP contribution is 2.58. The van der Waals surface area contributed by atoms with Gasteiger partial charge in [0.15, 0.2) is 5.60 Å². The Labute approximate surface area is 235 Å². The third-order valence-corrected chi connectivity index (χ3v) is 8.72. The second kappa shape index (κ2) is 8.76. The topological polar surface area (TPSA) is 27.7 Å². The Balaban J connectivity index is 1.56. The highest BCUT2D eigenvalue weighted by Gasteiger charge is 2.44. The predicted molar refractivity (Wildman–Crippen MR) is 163 cm³/mol. The molecule has 1 atom stereocenters. The molecule has 2 aliphatic rings. The van der Waals surface area contributed by atoms with Crippen molar-refractivity contribution in [1.29, 1.82) is 0 Å². The Bertz CT molecular complexity index is 1810. The SMILES string of the molecule is COc1ccc(C2(c3ccccc3)C=Cc3c4c(c5ccc(OC)cc5c3O2)-c2ccc(C)cc2C4(C)C)cc1. The van der Waals surface area contributed by atoms with Crippen LogP contribution in [0.5, 0.6) is 17.2 Å². The van der Waals surface area contributed by atoms with E-state index in [1.807, 2.05) is 18.2 Å². The van der Waals surface area contributed by atoms with Gasteiger partial charge in [0, 0.05) is 27.5 Å². The fraction of sp³-hybridized carbons (Fsp3) is 0.189. The smallest absolute Gasteiger partial charge is 0.178 e. The number of methoxy groups -OCH3 is 2. The van der Waals surface area contributed by atoms with E-state index in [1.54, 1.807) is 14.2 Å². The van der Waals surface area contributed by atoms with E-state index in [9.17, 15) is 0 Å². The molecule has 5 aromatic carbocycles. The zero-order valence-corrected chi connectivity index (χ0v) is 23.5. The number of benzene rings is 5. The first-order valence-electron chi connectivity index (χ1n) is 13.8. The maximum absolute atomic E-state index is 7.34. The molecule has 0 fully saturated rings. The maximum atomic E-state index is 7.34. The van der Waals surface area contributed by atoms with Crippen LogP contribution >= 0.6 is 0 Å². The van der Waals surface area contributed by atoms with E-state index in [2.05, 4.69) is 106 Å². The largest absolute Gasteiger partial charge is 0.497 e. The zero-order chi connectivity index (χ0) is 27.6. The Hall–Kier alpha value is -4.50. The molecule has 0 aromatic heterocycles. The van der Waals surface area contributed by atoms with Gasteiger partial charge >= 0.3 is 0 Å². The Morgan fingerprint density at radius 2 is 1.40 bits per heavy atom. The minimum Gasteiger partial charge on any atom is -0.497 e. The molecule has 0 bridgehead atoms. The lowest BCUT2D eigenvalue weighted by Crippen LogP contribution is -2.35. The lowest BCUT2D eigenvalue weighted by atomic mass is 9.76. The van der Waals surface area contributed by atoms with Crippen LogP contribution in [0.3, 0.4) is 0 Å². The monoisotopic (exact) mass is 524 g/mol. The Kier molecular flexibility index (Phi) is 5.37. The summed E-state index contributed by atoms with van der Waals surface area (Å²) in [5.41, 5.74) is 8.78. The third kappa shape index (κ3) is 3.37. The Morgan fingerprint density at radius 1 is 0.700 bits per heavy atom. The molecule has 0 amide bonds. The summed E-state index contributed by atoms with van der Waals surface area (Å²) >= 11 is 0. The molecule has 7 rings (SSSR count). The molecule has 5 aromatic rings. The van der Waals surface area contributed by atoms with Crippen LogP contribution in [0.25, 0.3) is 28.0 Å². The molecule has 0 saturated carbocycles. The quantitative estimate of drug-likeness (QED) is 0.235. The molecular weight excluding hydrogens is 492 g/mol. The minimum atomic E-state index is -0.809. The fourth-order valence-corrected chi connectivity index (χ4v) is 6.71. The highest BCUT2D eigenvalue weighted by atomic mass is 16.5. The molecule has 40 heavy (non-hydrogen) atoms. The molecule has 0 N–H and O–H groups in total. The van der Waals surface area contributed by atoms with Gasteiger partial charge in [-0.3, -0.25) is 0 Å². The third-order valence-electron chi connectivity index (χ3n) is 8.72. The first-order chi connectivity index (χ1) is 19.4. The van der Waals surface area contributed by atoms with Crippen LogP contribution in [0.1, 0.15) is 47.2 Å². The molecule has 198 valence electrons. The van der Waals surface area contributed by atoms with Crippen LogP contribution in [0.4, 0.5) is 0 Å². The zero-order valence-electron chi connectivity index (χ0n) is 23.5. The molecule has 1 unspecified atom stereocenters. The van der Waals surface area contributed by atoms with Gasteiger partial charge in [-0.2, -0.15) is 0 Å². The number of hydrogen-bond donors (Lipinski definition) is 0. The van der Waals surface area contributed by atoms with E-state index >= 15 is 0 Å². The molecular formula is C37H32O3. The van der Waals surface area contributed by atoms with Crippen molar-refractivity contribution in [2.45, 2.75) is 31.8 Å². The van der Waals surface area contributed by atoms with Crippen LogP contribution in [0, 0.1) is 6.92 Å². The van der Waals surface area contributed by atoms with Crippen LogP contribution in [-0.4, -0.2) is 14.2 Å². The van der Waals surface area contributed by atoms with Crippen molar-refractivity contribution in [1.82, 2.24) is 0 Å². The van der Waals surface area contributed by atoms with Crippen LogP contribution in [0.2, 0.25) is 0 Å². The lowest BCUT2D eigenvalue weighted by Gasteiger charge is -2.38.